The van der Waals surface area contributed by atoms with E-state index in [9.17, 15) is 4.79 Å². The van der Waals surface area contributed by atoms with Crippen LogP contribution in [0, 0.1) is 3.95 Å². The molecule has 0 saturated carbocycles. The first-order valence-corrected chi connectivity index (χ1v) is 11.6. The molecule has 30 heavy (non-hydrogen) atoms. The number of benzene rings is 2. The minimum Gasteiger partial charge on any atom is -0.344 e. The van der Waals surface area contributed by atoms with Gasteiger partial charge in [-0.1, -0.05) is 50.2 Å². The smallest absolute Gasteiger partial charge is 0.260 e. The van der Waals surface area contributed by atoms with Crippen molar-refractivity contribution in [2.45, 2.75) is 39.7 Å². The molecule has 0 spiro atoms. The summed E-state index contributed by atoms with van der Waals surface area (Å²) in [7, 11) is 0. The molecule has 0 saturated heterocycles. The van der Waals surface area contributed by atoms with Gasteiger partial charge in [-0.3, -0.25) is 9.36 Å². The number of hydrogen-bond acceptors (Lipinski definition) is 4. The molecule has 1 aliphatic rings. The molecular weight excluding hydrogens is 408 g/mol. The van der Waals surface area contributed by atoms with Gasteiger partial charge in [-0.15, -0.1) is 11.3 Å². The molecule has 3 aromatic rings. The van der Waals surface area contributed by atoms with Gasteiger partial charge in [-0.2, -0.15) is 0 Å². The van der Waals surface area contributed by atoms with E-state index in [2.05, 4.69) is 74.2 Å². The summed E-state index contributed by atoms with van der Waals surface area (Å²) in [6, 6.07) is 17.2. The minimum absolute atomic E-state index is 0.0125. The van der Waals surface area contributed by atoms with Crippen molar-refractivity contribution < 1.29 is 0 Å². The largest absolute Gasteiger partial charge is 0.344 e. The molecule has 2 heterocycles. The standard InChI is InChI=1S/C25H26N2OS2/c1-5-26-21-13-12-18(17-10-8-7-9-11-17)14-20(21)25(3,4)22(26)15-19-16-30-24(29)27(6-2)23(19)28/h7-16H,5-6H2,1-4H3. The summed E-state index contributed by atoms with van der Waals surface area (Å²) < 4.78 is 2.30. The number of anilines is 1. The van der Waals surface area contributed by atoms with E-state index < -0.39 is 0 Å². The van der Waals surface area contributed by atoms with Crippen molar-refractivity contribution >= 4 is 35.3 Å². The molecule has 3 nitrogen and oxygen atoms in total. The molecule has 2 aromatic carbocycles. The quantitative estimate of drug-likeness (QED) is 0.439. The van der Waals surface area contributed by atoms with Crippen LogP contribution in [-0.2, 0) is 12.0 Å². The Hall–Kier alpha value is -2.50. The van der Waals surface area contributed by atoms with E-state index in [0.717, 1.165) is 12.2 Å². The third-order valence-electron chi connectivity index (χ3n) is 5.92. The number of aromatic nitrogens is 1. The van der Waals surface area contributed by atoms with Gasteiger partial charge in [0.25, 0.3) is 5.56 Å². The Kier molecular flexibility index (Phi) is 5.51. The Morgan fingerprint density at radius 1 is 1.03 bits per heavy atom. The van der Waals surface area contributed by atoms with Crippen LogP contribution < -0.4 is 10.5 Å². The van der Waals surface area contributed by atoms with Crippen LogP contribution in [0.3, 0.4) is 0 Å². The lowest BCUT2D eigenvalue weighted by Crippen LogP contribution is -2.27. The summed E-state index contributed by atoms with van der Waals surface area (Å²) in [6.45, 7) is 10.0. The van der Waals surface area contributed by atoms with Crippen LogP contribution in [-0.4, -0.2) is 11.1 Å². The topological polar surface area (TPSA) is 25.2 Å². The summed E-state index contributed by atoms with van der Waals surface area (Å²) in [5.74, 6) is 0. The number of nitrogens with zero attached hydrogens (tertiary/aromatic N) is 2. The first kappa shape index (κ1) is 20.8. The van der Waals surface area contributed by atoms with Crippen LogP contribution in [0.1, 0.15) is 38.8 Å². The number of hydrogen-bond donors (Lipinski definition) is 0. The molecule has 1 aliphatic heterocycles. The molecule has 4 rings (SSSR count). The Morgan fingerprint density at radius 3 is 2.43 bits per heavy atom. The van der Waals surface area contributed by atoms with E-state index in [1.54, 1.807) is 4.57 Å². The van der Waals surface area contributed by atoms with Gasteiger partial charge in [-0.25, -0.2) is 0 Å². The molecular formula is C25H26N2OS2. The fourth-order valence-corrected chi connectivity index (χ4v) is 5.36. The van der Waals surface area contributed by atoms with Gasteiger partial charge in [0.05, 0.1) is 5.56 Å². The van der Waals surface area contributed by atoms with Crippen LogP contribution in [0.5, 0.6) is 0 Å². The van der Waals surface area contributed by atoms with Gasteiger partial charge in [0, 0.05) is 35.3 Å². The zero-order valence-corrected chi connectivity index (χ0v) is 19.4. The lowest BCUT2D eigenvalue weighted by atomic mass is 9.82. The Balaban J connectivity index is 1.87. The second kappa shape index (κ2) is 7.97. The lowest BCUT2D eigenvalue weighted by molar-refractivity contribution is 0.638. The predicted octanol–water partition coefficient (Wildman–Crippen LogP) is 6.48. The molecule has 5 heteroatoms. The third kappa shape index (κ3) is 3.36. The van der Waals surface area contributed by atoms with Crippen LogP contribution >= 0.6 is 23.6 Å². The molecule has 154 valence electrons. The average molecular weight is 435 g/mol. The Labute approximate surface area is 186 Å². The van der Waals surface area contributed by atoms with Crippen molar-refractivity contribution in [1.82, 2.24) is 4.57 Å². The highest BCUT2D eigenvalue weighted by atomic mass is 32.1. The molecule has 1 aromatic heterocycles. The second-order valence-corrected chi connectivity index (χ2v) is 9.51. The van der Waals surface area contributed by atoms with Gasteiger partial charge in [0.15, 0.2) is 3.95 Å². The SMILES string of the molecule is CCN1C(=Cc2csc(=S)n(CC)c2=O)C(C)(C)c2cc(-c3ccccc3)ccc21. The number of allylic oxidation sites excluding steroid dienone is 1. The van der Waals surface area contributed by atoms with Crippen molar-refractivity contribution in [2.24, 2.45) is 0 Å². The predicted molar refractivity (Wildman–Crippen MR) is 131 cm³/mol. The maximum atomic E-state index is 13.0. The van der Waals surface area contributed by atoms with E-state index in [4.69, 9.17) is 12.2 Å². The maximum Gasteiger partial charge on any atom is 0.260 e. The number of fused-ring (bicyclic) bond motifs is 1. The minimum atomic E-state index is -0.211. The molecule has 0 aliphatic carbocycles. The van der Waals surface area contributed by atoms with Gasteiger partial charge in [0.1, 0.15) is 0 Å². The van der Waals surface area contributed by atoms with E-state index in [1.165, 1.54) is 33.7 Å². The van der Waals surface area contributed by atoms with Gasteiger partial charge in [0.2, 0.25) is 0 Å². The normalized spacial score (nSPS) is 16.1. The van der Waals surface area contributed by atoms with Gasteiger partial charge < -0.3 is 4.90 Å². The molecule has 0 amide bonds. The first-order chi connectivity index (χ1) is 14.4. The summed E-state index contributed by atoms with van der Waals surface area (Å²) in [5, 5.41) is 1.89. The van der Waals surface area contributed by atoms with Gasteiger partial charge in [-0.05, 0) is 61.0 Å². The zero-order valence-electron chi connectivity index (χ0n) is 17.8. The van der Waals surface area contributed by atoms with Crippen molar-refractivity contribution in [2.75, 3.05) is 11.4 Å². The first-order valence-electron chi connectivity index (χ1n) is 10.3. The van der Waals surface area contributed by atoms with E-state index >= 15 is 0 Å². The Morgan fingerprint density at radius 2 is 1.77 bits per heavy atom. The highest BCUT2D eigenvalue weighted by molar-refractivity contribution is 7.73. The summed E-state index contributed by atoms with van der Waals surface area (Å²) in [6.07, 6.45) is 2.06. The average Bonchev–Trinajstić information content (AvgIpc) is 2.96. The van der Waals surface area contributed by atoms with Crippen molar-refractivity contribution in [3.63, 3.8) is 0 Å². The van der Waals surface area contributed by atoms with Crippen molar-refractivity contribution in [3.8, 4) is 11.1 Å². The number of likely N-dealkylation sites (N-methyl/N-ethyl adjacent to an activating group) is 1. The molecule has 0 bridgehead atoms. The van der Waals surface area contributed by atoms with E-state index in [-0.39, 0.29) is 11.0 Å². The summed E-state index contributed by atoms with van der Waals surface area (Å²) >= 11 is 6.79. The number of rotatable bonds is 4. The third-order valence-corrected chi connectivity index (χ3v) is 7.23. The Bertz CT molecular complexity index is 1240. The van der Waals surface area contributed by atoms with E-state index in [1.807, 2.05) is 18.4 Å². The summed E-state index contributed by atoms with van der Waals surface area (Å²) in [5.41, 5.74) is 6.56. The van der Waals surface area contributed by atoms with Crippen LogP contribution in [0.2, 0.25) is 0 Å². The van der Waals surface area contributed by atoms with E-state index in [0.29, 0.717) is 16.1 Å². The van der Waals surface area contributed by atoms with Crippen LogP contribution in [0.15, 0.2) is 64.4 Å². The lowest BCUT2D eigenvalue weighted by Gasteiger charge is -2.26. The fourth-order valence-electron chi connectivity index (χ4n) is 4.27. The monoisotopic (exact) mass is 434 g/mol. The maximum absolute atomic E-state index is 13.0. The van der Waals surface area contributed by atoms with Crippen molar-refractivity contribution in [3.05, 3.63) is 85.0 Å². The summed E-state index contributed by atoms with van der Waals surface area (Å²) in [4.78, 5) is 15.3. The molecule has 0 N–H and O–H groups in total. The fraction of sp³-hybridized carbons (Fsp3) is 0.280. The molecule has 0 fully saturated rings. The van der Waals surface area contributed by atoms with Gasteiger partial charge >= 0.3 is 0 Å². The zero-order chi connectivity index (χ0) is 21.5. The molecule has 0 unspecified atom stereocenters. The second-order valence-electron chi connectivity index (χ2n) is 8.00. The van der Waals surface area contributed by atoms with Crippen LogP contribution in [0.25, 0.3) is 17.2 Å². The molecule has 0 atom stereocenters. The highest BCUT2D eigenvalue weighted by Crippen LogP contribution is 2.49. The molecule has 0 radical (unpaired) electrons. The highest BCUT2D eigenvalue weighted by Gasteiger charge is 2.39. The van der Waals surface area contributed by atoms with Crippen LogP contribution in [0.4, 0.5) is 5.69 Å². The van der Waals surface area contributed by atoms with Crippen molar-refractivity contribution in [1.29, 1.82) is 0 Å².